The maximum Gasteiger partial charge on any atom is 0.225 e. The molecule has 2 aromatic rings. The summed E-state index contributed by atoms with van der Waals surface area (Å²) >= 11 is 3.36. The van der Waals surface area contributed by atoms with Crippen molar-refractivity contribution < 1.29 is 19.4 Å². The summed E-state index contributed by atoms with van der Waals surface area (Å²) in [5.74, 6) is 0.0374. The van der Waals surface area contributed by atoms with E-state index in [-0.39, 0.29) is 35.7 Å². The van der Waals surface area contributed by atoms with Gasteiger partial charge in [-0.05, 0) is 58.5 Å². The van der Waals surface area contributed by atoms with Gasteiger partial charge < -0.3 is 15.2 Å². The zero-order valence-electron chi connectivity index (χ0n) is 16.1. The van der Waals surface area contributed by atoms with Crippen LogP contribution < -0.4 is 10.1 Å². The Bertz CT molecular complexity index is 999. The number of ketones is 1. The molecule has 5 nitrogen and oxygen atoms in total. The number of amides is 1. The van der Waals surface area contributed by atoms with Gasteiger partial charge in [-0.2, -0.15) is 0 Å². The van der Waals surface area contributed by atoms with Crippen LogP contribution in [0.15, 0.2) is 58.2 Å². The number of phenols is 1. The maximum atomic E-state index is 13.2. The van der Waals surface area contributed by atoms with Crippen LogP contribution in [-0.2, 0) is 9.59 Å². The van der Waals surface area contributed by atoms with Crippen molar-refractivity contribution >= 4 is 27.6 Å². The Morgan fingerprint density at radius 3 is 2.59 bits per heavy atom. The van der Waals surface area contributed by atoms with Crippen molar-refractivity contribution in [2.24, 2.45) is 0 Å². The number of hydrogen-bond donors (Lipinski definition) is 2. The second kappa shape index (κ2) is 8.03. The van der Waals surface area contributed by atoms with Gasteiger partial charge in [0.05, 0.1) is 11.1 Å². The molecule has 1 aliphatic heterocycles. The predicted molar refractivity (Wildman–Crippen MR) is 113 cm³/mol. The molecule has 1 amide bonds. The van der Waals surface area contributed by atoms with Crippen molar-refractivity contribution in [3.8, 4) is 11.5 Å². The van der Waals surface area contributed by atoms with E-state index in [1.165, 1.54) is 0 Å². The van der Waals surface area contributed by atoms with Crippen molar-refractivity contribution in [1.82, 2.24) is 5.32 Å². The van der Waals surface area contributed by atoms with Gasteiger partial charge in [-0.1, -0.05) is 30.3 Å². The van der Waals surface area contributed by atoms with E-state index in [2.05, 4.69) is 21.2 Å². The highest BCUT2D eigenvalue weighted by Gasteiger charge is 2.38. The van der Waals surface area contributed by atoms with E-state index in [0.29, 0.717) is 35.2 Å². The number of benzene rings is 2. The monoisotopic (exact) mass is 455 g/mol. The third-order valence-electron chi connectivity index (χ3n) is 5.56. The van der Waals surface area contributed by atoms with Crippen LogP contribution in [0.5, 0.6) is 11.5 Å². The number of carbonyl (C=O) groups excluding carboxylic acids is 2. The van der Waals surface area contributed by atoms with E-state index in [4.69, 9.17) is 4.74 Å². The smallest absolute Gasteiger partial charge is 0.225 e. The molecule has 0 radical (unpaired) electrons. The lowest BCUT2D eigenvalue weighted by Gasteiger charge is -2.34. The van der Waals surface area contributed by atoms with Gasteiger partial charge in [0.15, 0.2) is 17.3 Å². The van der Waals surface area contributed by atoms with Crippen LogP contribution in [0.25, 0.3) is 0 Å². The first-order chi connectivity index (χ1) is 14.0. The van der Waals surface area contributed by atoms with Crippen LogP contribution in [0.1, 0.15) is 49.1 Å². The van der Waals surface area contributed by atoms with Crippen LogP contribution >= 0.6 is 15.9 Å². The normalized spacial score (nSPS) is 21.6. The van der Waals surface area contributed by atoms with Crippen LogP contribution in [-0.4, -0.2) is 23.4 Å². The van der Waals surface area contributed by atoms with Gasteiger partial charge in [-0.15, -0.1) is 0 Å². The number of halogens is 1. The molecular weight excluding hydrogens is 434 g/mol. The second-order valence-electron chi connectivity index (χ2n) is 7.42. The summed E-state index contributed by atoms with van der Waals surface area (Å²) in [4.78, 5) is 25.6. The first-order valence-corrected chi connectivity index (χ1v) is 10.5. The SMILES string of the molecule is CCOc1cc(C2CC(=O)NC3=C2C(=O)CC(c2ccccc2)C3)cc(Br)c1O. The largest absolute Gasteiger partial charge is 0.503 e. The second-order valence-corrected chi connectivity index (χ2v) is 8.27. The Morgan fingerprint density at radius 1 is 1.10 bits per heavy atom. The molecule has 0 aromatic heterocycles. The summed E-state index contributed by atoms with van der Waals surface area (Å²) in [6.45, 7) is 2.24. The molecule has 4 rings (SSSR count). The minimum absolute atomic E-state index is 0.0178. The third-order valence-corrected chi connectivity index (χ3v) is 6.16. The number of allylic oxidation sites excluding steroid dienone is 2. The average molecular weight is 456 g/mol. The lowest BCUT2D eigenvalue weighted by atomic mass is 9.73. The van der Waals surface area contributed by atoms with E-state index in [9.17, 15) is 14.7 Å². The summed E-state index contributed by atoms with van der Waals surface area (Å²) in [5, 5.41) is 13.2. The molecule has 29 heavy (non-hydrogen) atoms. The van der Waals surface area contributed by atoms with Gasteiger partial charge in [0.1, 0.15) is 0 Å². The molecule has 1 heterocycles. The highest BCUT2D eigenvalue weighted by atomic mass is 79.9. The molecule has 0 saturated heterocycles. The van der Waals surface area contributed by atoms with Crippen molar-refractivity contribution in [2.45, 2.75) is 38.0 Å². The van der Waals surface area contributed by atoms with Crippen molar-refractivity contribution in [2.75, 3.05) is 6.61 Å². The highest BCUT2D eigenvalue weighted by molar-refractivity contribution is 9.10. The number of phenolic OH excluding ortho intramolecular Hbond substituents is 1. The molecule has 0 spiro atoms. The van der Waals surface area contributed by atoms with Gasteiger partial charge in [-0.25, -0.2) is 0 Å². The molecule has 0 saturated carbocycles. The number of rotatable bonds is 4. The zero-order chi connectivity index (χ0) is 20.5. The maximum absolute atomic E-state index is 13.2. The molecular formula is C23H22BrNO4. The first-order valence-electron chi connectivity index (χ1n) is 9.74. The first kappa shape index (κ1) is 19.7. The van der Waals surface area contributed by atoms with E-state index in [1.807, 2.05) is 37.3 Å². The number of nitrogens with one attached hydrogen (secondary N) is 1. The lowest BCUT2D eigenvalue weighted by molar-refractivity contribution is -0.122. The van der Waals surface area contributed by atoms with Gasteiger partial charge in [0, 0.05) is 30.0 Å². The standard InChI is InChI=1S/C23H22BrNO4/c1-2-29-20-11-15(8-17(24)23(20)28)16-12-21(27)25-18-9-14(10-19(26)22(16)18)13-6-4-3-5-7-13/h3-8,11,14,16,28H,2,9-10,12H2,1H3,(H,25,27). The van der Waals surface area contributed by atoms with E-state index in [1.54, 1.807) is 12.1 Å². The van der Waals surface area contributed by atoms with Crippen molar-refractivity contribution in [3.05, 3.63) is 69.3 Å². The minimum Gasteiger partial charge on any atom is -0.503 e. The Balaban J connectivity index is 1.74. The van der Waals surface area contributed by atoms with E-state index < -0.39 is 0 Å². The van der Waals surface area contributed by atoms with E-state index in [0.717, 1.165) is 16.8 Å². The van der Waals surface area contributed by atoms with Crippen LogP contribution in [0.2, 0.25) is 0 Å². The van der Waals surface area contributed by atoms with Crippen LogP contribution in [0, 0.1) is 0 Å². The number of ether oxygens (including phenoxy) is 1. The fourth-order valence-electron chi connectivity index (χ4n) is 4.27. The topological polar surface area (TPSA) is 75.6 Å². The number of aromatic hydroxyl groups is 1. The molecule has 1 aliphatic carbocycles. The number of Topliss-reactive ketones (excluding diaryl/α,β-unsaturated/α-hetero) is 1. The zero-order valence-corrected chi connectivity index (χ0v) is 17.7. The molecule has 2 aromatic carbocycles. The third kappa shape index (κ3) is 3.81. The lowest BCUT2D eigenvalue weighted by Crippen LogP contribution is -2.38. The summed E-state index contributed by atoms with van der Waals surface area (Å²) in [6.07, 6.45) is 1.25. The number of hydrogen-bond acceptors (Lipinski definition) is 4. The Labute approximate surface area is 177 Å². The fraction of sp³-hybridized carbons (Fsp3) is 0.304. The summed E-state index contributed by atoms with van der Waals surface area (Å²) in [6, 6.07) is 13.4. The van der Waals surface area contributed by atoms with Crippen molar-refractivity contribution in [3.63, 3.8) is 0 Å². The fourth-order valence-corrected chi connectivity index (χ4v) is 4.73. The van der Waals surface area contributed by atoms with Gasteiger partial charge >= 0.3 is 0 Å². The van der Waals surface area contributed by atoms with Crippen LogP contribution in [0.3, 0.4) is 0 Å². The predicted octanol–water partition coefficient (Wildman–Crippen LogP) is 4.56. The minimum atomic E-state index is -0.348. The Morgan fingerprint density at radius 2 is 1.86 bits per heavy atom. The highest BCUT2D eigenvalue weighted by Crippen LogP contribution is 2.45. The molecule has 0 fully saturated rings. The molecule has 2 atom stereocenters. The average Bonchev–Trinajstić information content (AvgIpc) is 2.71. The summed E-state index contributed by atoms with van der Waals surface area (Å²) in [5.41, 5.74) is 3.29. The van der Waals surface area contributed by atoms with Gasteiger partial charge in [0.2, 0.25) is 5.91 Å². The molecule has 2 aliphatic rings. The Kier molecular flexibility index (Phi) is 5.46. The Hall–Kier alpha value is -2.60. The molecule has 150 valence electrons. The van der Waals surface area contributed by atoms with E-state index >= 15 is 0 Å². The number of carbonyl (C=O) groups is 2. The molecule has 2 N–H and O–H groups in total. The van der Waals surface area contributed by atoms with Gasteiger partial charge in [-0.3, -0.25) is 9.59 Å². The molecule has 2 unspecified atom stereocenters. The molecule has 6 heteroatoms. The molecule has 0 bridgehead atoms. The summed E-state index contributed by atoms with van der Waals surface area (Å²) < 4.78 is 6.02. The van der Waals surface area contributed by atoms with Crippen molar-refractivity contribution in [1.29, 1.82) is 0 Å². The van der Waals surface area contributed by atoms with Gasteiger partial charge in [0.25, 0.3) is 0 Å². The quantitative estimate of drug-likeness (QED) is 0.708. The van der Waals surface area contributed by atoms with Crippen LogP contribution in [0.4, 0.5) is 0 Å². The summed E-state index contributed by atoms with van der Waals surface area (Å²) in [7, 11) is 0.